The van der Waals surface area contributed by atoms with E-state index >= 15 is 0 Å². The molecule has 122 valence electrons. The number of nitrogens with zero attached hydrogens (tertiary/aromatic N) is 1. The second kappa shape index (κ2) is 7.47. The van der Waals surface area contributed by atoms with Gasteiger partial charge in [0.05, 0.1) is 21.3 Å². The third-order valence-electron chi connectivity index (χ3n) is 3.49. The number of amides is 1. The molecule has 0 aliphatic rings. The fourth-order valence-corrected chi connectivity index (χ4v) is 3.42. The molecule has 1 aromatic heterocycles. The predicted octanol–water partition coefficient (Wildman–Crippen LogP) is 5.46. The van der Waals surface area contributed by atoms with Crippen LogP contribution in [0.3, 0.4) is 0 Å². The van der Waals surface area contributed by atoms with E-state index in [1.165, 1.54) is 0 Å². The Bertz CT molecular complexity index is 877. The summed E-state index contributed by atoms with van der Waals surface area (Å²) in [7, 11) is 0. The Morgan fingerprint density at radius 3 is 2.67 bits per heavy atom. The van der Waals surface area contributed by atoms with Crippen LogP contribution < -0.4 is 5.32 Å². The first-order chi connectivity index (χ1) is 11.5. The zero-order valence-electron chi connectivity index (χ0n) is 12.8. The van der Waals surface area contributed by atoms with Crippen LogP contribution in [0, 0.1) is 6.92 Å². The molecule has 0 atom stereocenters. The van der Waals surface area contributed by atoms with Gasteiger partial charge in [0.15, 0.2) is 0 Å². The lowest BCUT2D eigenvalue weighted by atomic mass is 10.1. The van der Waals surface area contributed by atoms with E-state index in [1.807, 2.05) is 36.6 Å². The number of rotatable bonds is 4. The van der Waals surface area contributed by atoms with Crippen LogP contribution in [0.1, 0.15) is 20.9 Å². The highest BCUT2D eigenvalue weighted by Gasteiger charge is 2.10. The number of hydrogen-bond acceptors (Lipinski definition) is 3. The van der Waals surface area contributed by atoms with Gasteiger partial charge in [0.25, 0.3) is 5.91 Å². The smallest absolute Gasteiger partial charge is 0.253 e. The maximum atomic E-state index is 12.3. The van der Waals surface area contributed by atoms with Gasteiger partial charge in [0.1, 0.15) is 0 Å². The number of carbonyl (C=O) groups excluding carboxylic acids is 1. The van der Waals surface area contributed by atoms with E-state index in [1.54, 1.807) is 29.5 Å². The fraction of sp³-hybridized carbons (Fsp3) is 0.111. The number of aryl methyl sites for hydroxylation is 1. The Balaban J connectivity index is 1.66. The maximum absolute atomic E-state index is 12.3. The number of benzene rings is 2. The summed E-state index contributed by atoms with van der Waals surface area (Å²) in [6, 6.07) is 13.2. The van der Waals surface area contributed by atoms with E-state index in [9.17, 15) is 4.79 Å². The lowest BCUT2D eigenvalue weighted by Gasteiger charge is -2.08. The van der Waals surface area contributed by atoms with Crippen molar-refractivity contribution in [2.24, 2.45) is 0 Å². The maximum Gasteiger partial charge on any atom is 0.253 e. The van der Waals surface area contributed by atoms with Gasteiger partial charge < -0.3 is 5.32 Å². The Morgan fingerprint density at radius 2 is 2.00 bits per heavy atom. The van der Waals surface area contributed by atoms with Gasteiger partial charge in [-0.2, -0.15) is 0 Å². The molecule has 0 aliphatic heterocycles. The third-order valence-corrected chi connectivity index (χ3v) is 5.09. The Labute approximate surface area is 157 Å². The van der Waals surface area contributed by atoms with Crippen molar-refractivity contribution in [3.8, 4) is 11.3 Å². The van der Waals surface area contributed by atoms with Crippen LogP contribution in [0.4, 0.5) is 0 Å². The molecule has 24 heavy (non-hydrogen) atoms. The van der Waals surface area contributed by atoms with Crippen molar-refractivity contribution in [3.05, 3.63) is 73.5 Å². The molecule has 3 aromatic rings. The SMILES string of the molecule is Cc1nc(-c2ccc(CNC(=O)c3cc(Br)ccc3Cl)cc2)cs1. The summed E-state index contributed by atoms with van der Waals surface area (Å²) in [5, 5.41) is 6.42. The summed E-state index contributed by atoms with van der Waals surface area (Å²) in [5.74, 6) is -0.194. The summed E-state index contributed by atoms with van der Waals surface area (Å²) in [4.78, 5) is 16.7. The van der Waals surface area contributed by atoms with Gasteiger partial charge in [-0.05, 0) is 30.7 Å². The van der Waals surface area contributed by atoms with Crippen molar-refractivity contribution in [1.82, 2.24) is 10.3 Å². The van der Waals surface area contributed by atoms with Gasteiger partial charge in [0, 0.05) is 22.0 Å². The van der Waals surface area contributed by atoms with Crippen LogP contribution in [-0.4, -0.2) is 10.9 Å². The summed E-state index contributed by atoms with van der Waals surface area (Å²) in [5.41, 5.74) is 3.53. The van der Waals surface area contributed by atoms with E-state index in [0.717, 1.165) is 26.3 Å². The number of aromatic nitrogens is 1. The molecule has 0 unspecified atom stereocenters. The fourth-order valence-electron chi connectivity index (χ4n) is 2.24. The number of halogens is 2. The van der Waals surface area contributed by atoms with Gasteiger partial charge in [0.2, 0.25) is 0 Å². The lowest BCUT2D eigenvalue weighted by Crippen LogP contribution is -2.23. The Hall–Kier alpha value is -1.69. The molecule has 6 heteroatoms. The highest BCUT2D eigenvalue weighted by molar-refractivity contribution is 9.10. The van der Waals surface area contributed by atoms with Crippen LogP contribution >= 0.6 is 38.9 Å². The van der Waals surface area contributed by atoms with Crippen LogP contribution in [-0.2, 0) is 6.54 Å². The normalized spacial score (nSPS) is 10.6. The van der Waals surface area contributed by atoms with Crippen LogP contribution in [0.5, 0.6) is 0 Å². The molecule has 0 saturated heterocycles. The summed E-state index contributed by atoms with van der Waals surface area (Å²) in [6.07, 6.45) is 0. The second-order valence-electron chi connectivity index (χ2n) is 5.26. The zero-order chi connectivity index (χ0) is 17.1. The Kier molecular flexibility index (Phi) is 5.33. The average molecular weight is 422 g/mol. The molecule has 0 bridgehead atoms. The minimum Gasteiger partial charge on any atom is -0.348 e. The first-order valence-corrected chi connectivity index (χ1v) is 9.32. The number of carbonyl (C=O) groups is 1. The van der Waals surface area contributed by atoms with Crippen molar-refractivity contribution >= 4 is 44.8 Å². The number of nitrogens with one attached hydrogen (secondary N) is 1. The molecule has 3 rings (SSSR count). The molecule has 2 aromatic carbocycles. The quantitative estimate of drug-likeness (QED) is 0.607. The molecule has 0 saturated carbocycles. The minimum atomic E-state index is -0.194. The number of thiazole rings is 1. The molecule has 1 amide bonds. The topological polar surface area (TPSA) is 42.0 Å². The highest BCUT2D eigenvalue weighted by atomic mass is 79.9. The molecule has 1 heterocycles. The van der Waals surface area contributed by atoms with E-state index in [0.29, 0.717) is 17.1 Å². The van der Waals surface area contributed by atoms with Crippen molar-refractivity contribution in [1.29, 1.82) is 0 Å². The minimum absolute atomic E-state index is 0.194. The first-order valence-electron chi connectivity index (χ1n) is 7.27. The molecule has 0 fully saturated rings. The third kappa shape index (κ3) is 4.04. The van der Waals surface area contributed by atoms with E-state index in [4.69, 9.17) is 11.6 Å². The van der Waals surface area contributed by atoms with E-state index in [-0.39, 0.29) is 5.91 Å². The average Bonchev–Trinajstić information content (AvgIpc) is 3.02. The largest absolute Gasteiger partial charge is 0.348 e. The lowest BCUT2D eigenvalue weighted by molar-refractivity contribution is 0.0951. The van der Waals surface area contributed by atoms with Crippen LogP contribution in [0.15, 0.2) is 52.3 Å². The molecule has 1 N–H and O–H groups in total. The van der Waals surface area contributed by atoms with Crippen LogP contribution in [0.25, 0.3) is 11.3 Å². The summed E-state index contributed by atoms with van der Waals surface area (Å²) < 4.78 is 0.819. The number of hydrogen-bond donors (Lipinski definition) is 1. The molecule has 0 spiro atoms. The van der Waals surface area contributed by atoms with Gasteiger partial charge in [-0.1, -0.05) is 51.8 Å². The van der Waals surface area contributed by atoms with Crippen molar-refractivity contribution in [3.63, 3.8) is 0 Å². The second-order valence-corrected chi connectivity index (χ2v) is 7.64. The Morgan fingerprint density at radius 1 is 1.25 bits per heavy atom. The van der Waals surface area contributed by atoms with Crippen molar-refractivity contribution < 1.29 is 4.79 Å². The van der Waals surface area contributed by atoms with Gasteiger partial charge in [-0.15, -0.1) is 11.3 Å². The summed E-state index contributed by atoms with van der Waals surface area (Å²) >= 11 is 11.1. The zero-order valence-corrected chi connectivity index (χ0v) is 16.0. The van der Waals surface area contributed by atoms with Gasteiger partial charge in [-0.3, -0.25) is 4.79 Å². The van der Waals surface area contributed by atoms with Crippen LogP contribution in [0.2, 0.25) is 5.02 Å². The predicted molar refractivity (Wildman–Crippen MR) is 103 cm³/mol. The van der Waals surface area contributed by atoms with Crippen molar-refractivity contribution in [2.75, 3.05) is 0 Å². The van der Waals surface area contributed by atoms with Gasteiger partial charge in [-0.25, -0.2) is 4.98 Å². The van der Waals surface area contributed by atoms with Crippen molar-refractivity contribution in [2.45, 2.75) is 13.5 Å². The summed E-state index contributed by atoms with van der Waals surface area (Å²) in [6.45, 7) is 2.43. The highest BCUT2D eigenvalue weighted by Crippen LogP contribution is 2.23. The molecule has 3 nitrogen and oxygen atoms in total. The monoisotopic (exact) mass is 420 g/mol. The molecular weight excluding hydrogens is 408 g/mol. The molecule has 0 radical (unpaired) electrons. The molecule has 0 aliphatic carbocycles. The molecular formula is C18H14BrClN2OS. The first kappa shape index (κ1) is 17.1. The van der Waals surface area contributed by atoms with E-state index in [2.05, 4.69) is 26.2 Å². The standard InChI is InChI=1S/C18H14BrClN2OS/c1-11-22-17(10-24-11)13-4-2-12(3-5-13)9-21-18(23)15-8-14(19)6-7-16(15)20/h2-8,10H,9H2,1H3,(H,21,23). The van der Waals surface area contributed by atoms with E-state index < -0.39 is 0 Å². The van der Waals surface area contributed by atoms with Gasteiger partial charge >= 0.3 is 0 Å².